The van der Waals surface area contributed by atoms with Gasteiger partial charge in [0.25, 0.3) is 0 Å². The maximum absolute atomic E-state index is 11.1. The molecule has 1 aromatic rings. The van der Waals surface area contributed by atoms with Crippen molar-refractivity contribution >= 4 is 28.3 Å². The molecule has 0 amide bonds. The lowest BCUT2D eigenvalue weighted by Gasteiger charge is -2.23. The van der Waals surface area contributed by atoms with E-state index in [0.717, 1.165) is 19.4 Å². The number of halogens is 1. The number of benzene rings is 1. The molecule has 0 radical (unpaired) electrons. The molecule has 6 nitrogen and oxygen atoms in total. The van der Waals surface area contributed by atoms with Crippen molar-refractivity contribution in [2.24, 2.45) is 0 Å². The summed E-state index contributed by atoms with van der Waals surface area (Å²) in [5, 5.41) is 23.4. The van der Waals surface area contributed by atoms with Crippen LogP contribution >= 0.6 is 22.6 Å². The average molecular weight is 401 g/mol. The van der Waals surface area contributed by atoms with Crippen LogP contribution in [0.25, 0.3) is 0 Å². The van der Waals surface area contributed by atoms with Crippen molar-refractivity contribution in [3.8, 4) is 11.8 Å². The monoisotopic (exact) mass is 401 g/mol. The zero-order valence-corrected chi connectivity index (χ0v) is 13.6. The van der Waals surface area contributed by atoms with Gasteiger partial charge in [0.1, 0.15) is 0 Å². The third-order valence-corrected chi connectivity index (χ3v) is 4.28. The van der Waals surface area contributed by atoms with Crippen molar-refractivity contribution in [3.63, 3.8) is 0 Å². The van der Waals surface area contributed by atoms with Crippen LogP contribution in [0, 0.1) is 25.0 Å². The molecular weight excluding hydrogens is 385 g/mol. The van der Waals surface area contributed by atoms with E-state index in [1.54, 1.807) is 6.07 Å². The number of nitrogens with one attached hydrogen (secondary N) is 1. The molecule has 1 aromatic carbocycles. The fourth-order valence-corrected chi connectivity index (χ4v) is 3.16. The predicted octanol–water partition coefficient (Wildman–Crippen LogP) is 2.98. The lowest BCUT2D eigenvalue weighted by atomic mass is 10.0. The summed E-state index contributed by atoms with van der Waals surface area (Å²) in [5.41, 5.74) is 0.127. The van der Waals surface area contributed by atoms with E-state index in [-0.39, 0.29) is 17.0 Å². The highest BCUT2D eigenvalue weighted by Gasteiger charge is 2.21. The van der Waals surface area contributed by atoms with Crippen molar-refractivity contribution in [1.29, 1.82) is 5.26 Å². The van der Waals surface area contributed by atoms with Crippen LogP contribution in [0.2, 0.25) is 0 Å². The summed E-state index contributed by atoms with van der Waals surface area (Å²) in [6.07, 6.45) is 4.37. The molecule has 1 fully saturated rings. The molecule has 1 unspecified atom stereocenters. The van der Waals surface area contributed by atoms with Crippen LogP contribution in [0.3, 0.4) is 0 Å². The number of piperidine rings is 1. The van der Waals surface area contributed by atoms with E-state index in [4.69, 9.17) is 10.00 Å². The van der Waals surface area contributed by atoms with Gasteiger partial charge in [-0.1, -0.05) is 6.42 Å². The maximum atomic E-state index is 11.1. The molecule has 21 heavy (non-hydrogen) atoms. The number of ether oxygens (including phenoxy) is 1. The quantitative estimate of drug-likeness (QED) is 0.466. The number of nitro groups is 1. The molecule has 7 heteroatoms. The van der Waals surface area contributed by atoms with Crippen LogP contribution in [0.5, 0.6) is 5.75 Å². The first-order valence-corrected chi connectivity index (χ1v) is 7.94. The molecule has 0 spiro atoms. The Morgan fingerprint density at radius 2 is 2.33 bits per heavy atom. The minimum Gasteiger partial charge on any atom is -0.486 e. The van der Waals surface area contributed by atoms with E-state index in [0.29, 0.717) is 16.2 Å². The van der Waals surface area contributed by atoms with Gasteiger partial charge in [0.05, 0.1) is 26.7 Å². The molecule has 1 atom stereocenters. The zero-order valence-electron chi connectivity index (χ0n) is 11.5. The highest BCUT2D eigenvalue weighted by molar-refractivity contribution is 14.1. The second-order valence-corrected chi connectivity index (χ2v) is 6.12. The van der Waals surface area contributed by atoms with Crippen molar-refractivity contribution in [1.82, 2.24) is 5.32 Å². The van der Waals surface area contributed by atoms with Gasteiger partial charge < -0.3 is 10.1 Å². The van der Waals surface area contributed by atoms with Crippen molar-refractivity contribution in [2.45, 2.75) is 31.7 Å². The number of nitriles is 1. The van der Waals surface area contributed by atoms with Crippen molar-refractivity contribution < 1.29 is 9.66 Å². The Hall–Kier alpha value is -1.40. The summed E-state index contributed by atoms with van der Waals surface area (Å²) in [6.45, 7) is 1.46. The lowest BCUT2D eigenvalue weighted by molar-refractivity contribution is -0.386. The average Bonchev–Trinajstić information content (AvgIpc) is 2.49. The molecule has 0 aromatic heterocycles. The Labute approximate surface area is 136 Å². The lowest BCUT2D eigenvalue weighted by Crippen LogP contribution is -2.35. The number of nitro benzene ring substituents is 1. The van der Waals surface area contributed by atoms with Crippen molar-refractivity contribution in [2.75, 3.05) is 13.2 Å². The summed E-state index contributed by atoms with van der Waals surface area (Å²) in [4.78, 5) is 10.6. The molecule has 0 aliphatic carbocycles. The Kier molecular flexibility index (Phi) is 5.76. The van der Waals surface area contributed by atoms with Crippen LogP contribution in [0.15, 0.2) is 12.1 Å². The molecule has 0 saturated carbocycles. The highest BCUT2D eigenvalue weighted by atomic mass is 127. The summed E-state index contributed by atoms with van der Waals surface area (Å²) >= 11 is 1.97. The molecule has 1 aliphatic rings. The van der Waals surface area contributed by atoms with Crippen LogP contribution in [0.1, 0.15) is 31.2 Å². The summed E-state index contributed by atoms with van der Waals surface area (Å²) in [5.74, 6) is 0.260. The first kappa shape index (κ1) is 16.0. The Morgan fingerprint density at radius 1 is 1.52 bits per heavy atom. The number of hydrogen-bond donors (Lipinski definition) is 1. The van der Waals surface area contributed by atoms with Crippen LogP contribution < -0.4 is 10.1 Å². The zero-order chi connectivity index (χ0) is 15.2. The standard InChI is InChI=1S/C14H16IN3O3/c15-12-7-10(9-16)8-13(18(19)20)14(12)21-6-4-11-3-1-2-5-17-11/h7-8,11,17H,1-6H2. The fraction of sp³-hybridized carbons (Fsp3) is 0.500. The summed E-state index contributed by atoms with van der Waals surface area (Å²) in [7, 11) is 0. The van der Waals surface area contributed by atoms with Crippen LogP contribution in [-0.4, -0.2) is 24.1 Å². The normalized spacial score (nSPS) is 18.0. The molecule has 2 rings (SSSR count). The SMILES string of the molecule is N#Cc1cc(I)c(OCCC2CCCCN2)c([N+](=O)[O-])c1. The van der Waals surface area contributed by atoms with Crippen LogP contribution in [-0.2, 0) is 0 Å². The number of hydrogen-bond acceptors (Lipinski definition) is 5. The third-order valence-electron chi connectivity index (χ3n) is 3.47. The van der Waals surface area contributed by atoms with E-state index < -0.39 is 4.92 Å². The molecular formula is C14H16IN3O3. The van der Waals surface area contributed by atoms with Crippen molar-refractivity contribution in [3.05, 3.63) is 31.4 Å². The highest BCUT2D eigenvalue weighted by Crippen LogP contribution is 2.33. The Balaban J connectivity index is 2.04. The van der Waals surface area contributed by atoms with Crippen LogP contribution in [0.4, 0.5) is 5.69 Å². The first-order chi connectivity index (χ1) is 10.1. The van der Waals surface area contributed by atoms with Gasteiger partial charge in [-0.2, -0.15) is 5.26 Å². The van der Waals surface area contributed by atoms with Gasteiger partial charge >= 0.3 is 5.69 Å². The first-order valence-electron chi connectivity index (χ1n) is 6.86. The van der Waals surface area contributed by atoms with Gasteiger partial charge in [-0.15, -0.1) is 0 Å². The van der Waals surface area contributed by atoms with Gasteiger partial charge in [0.15, 0.2) is 0 Å². The molecule has 0 bridgehead atoms. The Bertz CT molecular complexity index is 565. The van der Waals surface area contributed by atoms with Gasteiger partial charge in [-0.25, -0.2) is 0 Å². The molecule has 112 valence electrons. The predicted molar refractivity (Wildman–Crippen MR) is 86.3 cm³/mol. The topological polar surface area (TPSA) is 88.2 Å². The molecule has 1 N–H and O–H groups in total. The van der Waals surface area contributed by atoms with Gasteiger partial charge in [-0.05, 0) is 54.5 Å². The minimum absolute atomic E-state index is 0.143. The maximum Gasteiger partial charge on any atom is 0.313 e. The second kappa shape index (κ2) is 7.56. The summed E-state index contributed by atoms with van der Waals surface area (Å²) in [6, 6.07) is 5.21. The molecule has 1 heterocycles. The van der Waals surface area contributed by atoms with E-state index in [1.807, 2.05) is 28.7 Å². The number of rotatable bonds is 5. The Morgan fingerprint density at radius 3 is 2.95 bits per heavy atom. The second-order valence-electron chi connectivity index (χ2n) is 4.96. The molecule has 1 saturated heterocycles. The third kappa shape index (κ3) is 4.28. The van der Waals surface area contributed by atoms with Gasteiger partial charge in [-0.3, -0.25) is 10.1 Å². The number of nitrogens with zero attached hydrogens (tertiary/aromatic N) is 2. The van der Waals surface area contributed by atoms with Gasteiger partial charge in [0.2, 0.25) is 5.75 Å². The van der Waals surface area contributed by atoms with E-state index in [2.05, 4.69) is 5.32 Å². The largest absolute Gasteiger partial charge is 0.486 e. The molecule has 1 aliphatic heterocycles. The summed E-state index contributed by atoms with van der Waals surface area (Å²) < 4.78 is 6.23. The minimum atomic E-state index is -0.503. The van der Waals surface area contributed by atoms with Gasteiger partial charge in [0, 0.05) is 12.1 Å². The van der Waals surface area contributed by atoms with E-state index in [9.17, 15) is 10.1 Å². The van der Waals surface area contributed by atoms with E-state index >= 15 is 0 Å². The van der Waals surface area contributed by atoms with E-state index in [1.165, 1.54) is 18.9 Å². The smallest absolute Gasteiger partial charge is 0.313 e. The fourth-order valence-electron chi connectivity index (χ4n) is 2.40.